The number of carbonyl (C=O) groups is 2. The first-order valence-electron chi connectivity index (χ1n) is 7.35. The number of rotatable bonds is 6. The third-order valence-electron chi connectivity index (χ3n) is 4.32. The van der Waals surface area contributed by atoms with E-state index in [-0.39, 0.29) is 12.3 Å². The molecule has 2 heterocycles. The summed E-state index contributed by atoms with van der Waals surface area (Å²) < 4.78 is 5.19. The van der Waals surface area contributed by atoms with Crippen molar-refractivity contribution in [3.8, 4) is 0 Å². The van der Waals surface area contributed by atoms with E-state index in [4.69, 9.17) is 9.52 Å². The molecule has 1 fully saturated rings. The van der Waals surface area contributed by atoms with E-state index < -0.39 is 23.5 Å². The SMILES string of the molecule is CCC[C@]1(C(=O)O)CCN(Cc2ccc(C(=O)O)o2)C[C@H]1O. The van der Waals surface area contributed by atoms with Gasteiger partial charge in [-0.2, -0.15) is 0 Å². The van der Waals surface area contributed by atoms with Crippen molar-refractivity contribution in [3.63, 3.8) is 0 Å². The lowest BCUT2D eigenvalue weighted by Crippen LogP contribution is -2.54. The van der Waals surface area contributed by atoms with Gasteiger partial charge >= 0.3 is 11.9 Å². The van der Waals surface area contributed by atoms with Crippen molar-refractivity contribution in [1.29, 1.82) is 0 Å². The normalized spacial score (nSPS) is 26.0. The van der Waals surface area contributed by atoms with Gasteiger partial charge in [-0.05, 0) is 31.5 Å². The predicted octanol–water partition coefficient (Wildman–Crippen LogP) is 1.42. The second-order valence-corrected chi connectivity index (χ2v) is 5.78. The van der Waals surface area contributed by atoms with E-state index in [0.717, 1.165) is 0 Å². The van der Waals surface area contributed by atoms with E-state index in [1.54, 1.807) is 6.07 Å². The Morgan fingerprint density at radius 3 is 2.64 bits per heavy atom. The zero-order valence-corrected chi connectivity index (χ0v) is 12.5. The Kier molecular flexibility index (Phi) is 4.87. The molecule has 1 saturated heterocycles. The van der Waals surface area contributed by atoms with Gasteiger partial charge in [0.15, 0.2) is 0 Å². The lowest BCUT2D eigenvalue weighted by atomic mass is 9.73. The smallest absolute Gasteiger partial charge is 0.371 e. The monoisotopic (exact) mass is 311 g/mol. The highest BCUT2D eigenvalue weighted by Gasteiger charge is 2.47. The number of hydrogen-bond acceptors (Lipinski definition) is 5. The minimum Gasteiger partial charge on any atom is -0.481 e. The van der Waals surface area contributed by atoms with Crippen LogP contribution in [0.25, 0.3) is 0 Å². The summed E-state index contributed by atoms with van der Waals surface area (Å²) in [5.41, 5.74) is -1.08. The van der Waals surface area contributed by atoms with Crippen molar-refractivity contribution in [2.24, 2.45) is 5.41 Å². The van der Waals surface area contributed by atoms with Gasteiger partial charge in [0.25, 0.3) is 0 Å². The number of piperidine rings is 1. The first-order chi connectivity index (χ1) is 10.4. The molecule has 0 amide bonds. The zero-order valence-electron chi connectivity index (χ0n) is 12.5. The maximum Gasteiger partial charge on any atom is 0.371 e. The Morgan fingerprint density at radius 1 is 1.41 bits per heavy atom. The summed E-state index contributed by atoms with van der Waals surface area (Å²) in [6, 6.07) is 2.97. The summed E-state index contributed by atoms with van der Waals surface area (Å²) in [4.78, 5) is 24.2. The van der Waals surface area contributed by atoms with Crippen molar-refractivity contribution >= 4 is 11.9 Å². The molecule has 2 rings (SSSR count). The van der Waals surface area contributed by atoms with E-state index in [1.807, 2.05) is 11.8 Å². The molecule has 122 valence electrons. The Morgan fingerprint density at radius 2 is 2.14 bits per heavy atom. The second-order valence-electron chi connectivity index (χ2n) is 5.78. The van der Waals surface area contributed by atoms with Crippen LogP contribution >= 0.6 is 0 Å². The summed E-state index contributed by atoms with van der Waals surface area (Å²) in [7, 11) is 0. The number of carboxylic acid groups (broad SMARTS) is 2. The fourth-order valence-corrected chi connectivity index (χ4v) is 3.07. The Labute approximate surface area is 128 Å². The van der Waals surface area contributed by atoms with E-state index in [2.05, 4.69) is 0 Å². The highest BCUT2D eigenvalue weighted by molar-refractivity contribution is 5.84. The predicted molar refractivity (Wildman–Crippen MR) is 76.5 cm³/mol. The van der Waals surface area contributed by atoms with Crippen molar-refractivity contribution in [3.05, 3.63) is 23.7 Å². The highest BCUT2D eigenvalue weighted by atomic mass is 16.4. The first kappa shape index (κ1) is 16.5. The number of aromatic carboxylic acids is 1. The fourth-order valence-electron chi connectivity index (χ4n) is 3.07. The molecular formula is C15H21NO6. The lowest BCUT2D eigenvalue weighted by Gasteiger charge is -2.42. The van der Waals surface area contributed by atoms with Crippen LogP contribution in [0.3, 0.4) is 0 Å². The first-order valence-corrected chi connectivity index (χ1v) is 7.35. The molecule has 0 unspecified atom stereocenters. The van der Waals surface area contributed by atoms with Crippen LogP contribution in [0.15, 0.2) is 16.5 Å². The van der Waals surface area contributed by atoms with Crippen LogP contribution in [0, 0.1) is 5.41 Å². The molecule has 1 aliphatic rings. The third-order valence-corrected chi connectivity index (χ3v) is 4.32. The van der Waals surface area contributed by atoms with E-state index >= 15 is 0 Å². The van der Waals surface area contributed by atoms with Crippen LogP contribution < -0.4 is 0 Å². The standard InChI is InChI=1S/C15H21NO6/c1-2-5-15(14(20)21)6-7-16(9-12(15)17)8-10-3-4-11(22-10)13(18)19/h3-4,12,17H,2,5-9H2,1H3,(H,18,19)(H,20,21)/t12-,15+/m1/s1. The average molecular weight is 311 g/mol. The van der Waals surface area contributed by atoms with Crippen LogP contribution in [-0.4, -0.2) is 51.4 Å². The van der Waals surface area contributed by atoms with Crippen LogP contribution in [0.2, 0.25) is 0 Å². The summed E-state index contributed by atoms with van der Waals surface area (Å²) in [6.45, 7) is 3.01. The minimum absolute atomic E-state index is 0.126. The molecular weight excluding hydrogens is 290 g/mol. The number of hydrogen-bond donors (Lipinski definition) is 3. The van der Waals surface area contributed by atoms with Gasteiger partial charge < -0.3 is 19.7 Å². The Balaban J connectivity index is 2.02. The van der Waals surface area contributed by atoms with E-state index in [0.29, 0.717) is 38.1 Å². The molecule has 7 heteroatoms. The average Bonchev–Trinajstić information content (AvgIpc) is 2.90. The molecule has 3 N–H and O–H groups in total. The number of aliphatic hydroxyl groups excluding tert-OH is 1. The van der Waals surface area contributed by atoms with Crippen molar-refractivity contribution < 1.29 is 29.3 Å². The van der Waals surface area contributed by atoms with Gasteiger partial charge in [0.1, 0.15) is 5.76 Å². The molecule has 2 atom stereocenters. The number of nitrogens with zero attached hydrogens (tertiary/aromatic N) is 1. The largest absolute Gasteiger partial charge is 0.481 e. The third kappa shape index (κ3) is 3.15. The molecule has 0 bridgehead atoms. The number of furan rings is 1. The quantitative estimate of drug-likeness (QED) is 0.728. The molecule has 1 aromatic rings. The van der Waals surface area contributed by atoms with E-state index in [1.165, 1.54) is 6.07 Å². The van der Waals surface area contributed by atoms with Gasteiger partial charge in [0, 0.05) is 6.54 Å². The second kappa shape index (κ2) is 6.50. The summed E-state index contributed by atoms with van der Waals surface area (Å²) in [5.74, 6) is -1.72. The summed E-state index contributed by atoms with van der Waals surface area (Å²) in [5, 5.41) is 28.6. The van der Waals surface area contributed by atoms with Crippen LogP contribution in [0.1, 0.15) is 42.5 Å². The maximum atomic E-state index is 11.6. The van der Waals surface area contributed by atoms with Crippen molar-refractivity contribution in [2.45, 2.75) is 38.8 Å². The van der Waals surface area contributed by atoms with Crippen LogP contribution in [-0.2, 0) is 11.3 Å². The van der Waals surface area contributed by atoms with Gasteiger partial charge in [-0.1, -0.05) is 13.3 Å². The molecule has 1 aromatic heterocycles. The molecule has 22 heavy (non-hydrogen) atoms. The number of aliphatic hydroxyl groups is 1. The zero-order chi connectivity index (χ0) is 16.3. The van der Waals surface area contributed by atoms with Gasteiger partial charge in [0.05, 0.1) is 18.1 Å². The van der Waals surface area contributed by atoms with Gasteiger partial charge in [-0.3, -0.25) is 9.69 Å². The maximum absolute atomic E-state index is 11.6. The molecule has 7 nitrogen and oxygen atoms in total. The summed E-state index contributed by atoms with van der Waals surface area (Å²) in [6.07, 6.45) is 0.557. The Bertz CT molecular complexity index is 554. The van der Waals surface area contributed by atoms with Crippen molar-refractivity contribution in [1.82, 2.24) is 4.90 Å². The van der Waals surface area contributed by atoms with Gasteiger partial charge in [-0.15, -0.1) is 0 Å². The molecule has 0 saturated carbocycles. The minimum atomic E-state index is -1.13. The number of likely N-dealkylation sites (tertiary alicyclic amines) is 1. The molecule has 0 aliphatic carbocycles. The summed E-state index contributed by atoms with van der Waals surface area (Å²) >= 11 is 0. The molecule has 0 spiro atoms. The molecule has 0 radical (unpaired) electrons. The number of aliphatic carboxylic acids is 1. The van der Waals surface area contributed by atoms with Gasteiger partial charge in [0.2, 0.25) is 5.76 Å². The van der Waals surface area contributed by atoms with Crippen molar-refractivity contribution in [2.75, 3.05) is 13.1 Å². The van der Waals surface area contributed by atoms with Gasteiger partial charge in [-0.25, -0.2) is 4.79 Å². The molecule has 0 aromatic carbocycles. The Hall–Kier alpha value is -1.86. The highest BCUT2D eigenvalue weighted by Crippen LogP contribution is 2.37. The van der Waals surface area contributed by atoms with Crippen LogP contribution in [0.5, 0.6) is 0 Å². The number of β-amino-alcohol motifs (C(OH)–C–C–N with tert-alkyl or cyclic N) is 1. The molecule has 1 aliphatic heterocycles. The van der Waals surface area contributed by atoms with Crippen LogP contribution in [0.4, 0.5) is 0 Å². The number of carboxylic acids is 2. The topological polar surface area (TPSA) is 111 Å². The fraction of sp³-hybridized carbons (Fsp3) is 0.600. The van der Waals surface area contributed by atoms with E-state index in [9.17, 15) is 19.8 Å². The lowest BCUT2D eigenvalue weighted by molar-refractivity contribution is -0.164.